The molecule has 4 rings (SSSR count). The molecule has 0 amide bonds. The van der Waals surface area contributed by atoms with E-state index in [1.807, 2.05) is 12.3 Å². The van der Waals surface area contributed by atoms with Gasteiger partial charge in [0.2, 0.25) is 0 Å². The molecule has 2 heterocycles. The van der Waals surface area contributed by atoms with Crippen LogP contribution < -0.4 is 0 Å². The molecule has 0 radical (unpaired) electrons. The van der Waals surface area contributed by atoms with Gasteiger partial charge in [-0.2, -0.15) is 0 Å². The van der Waals surface area contributed by atoms with Crippen LogP contribution in [0.1, 0.15) is 23.3 Å². The number of aliphatic hydroxyl groups is 1. The molecule has 1 aliphatic carbocycles. The Kier molecular flexibility index (Phi) is 2.89. The van der Waals surface area contributed by atoms with Gasteiger partial charge >= 0.3 is 0 Å². The predicted octanol–water partition coefficient (Wildman–Crippen LogP) is 3.11. The number of aryl methyl sites for hydroxylation is 1. The third-order valence-corrected chi connectivity index (χ3v) is 4.06. The molecule has 2 aromatic heterocycles. The average Bonchev–Trinajstić information content (AvgIpc) is 3.25. The minimum absolute atomic E-state index is 0.0958. The first kappa shape index (κ1) is 12.4. The highest BCUT2D eigenvalue weighted by atomic mass is 16.4. The normalized spacial score (nSPS) is 13.6. The van der Waals surface area contributed by atoms with Crippen molar-refractivity contribution in [2.45, 2.75) is 25.9 Å². The Morgan fingerprint density at radius 1 is 1.19 bits per heavy atom. The van der Waals surface area contributed by atoms with Gasteiger partial charge in [-0.05, 0) is 48.6 Å². The van der Waals surface area contributed by atoms with E-state index in [4.69, 9.17) is 9.52 Å². The summed E-state index contributed by atoms with van der Waals surface area (Å²) in [6.07, 6.45) is 7.23. The second kappa shape index (κ2) is 4.90. The van der Waals surface area contributed by atoms with Gasteiger partial charge < -0.3 is 9.52 Å². The number of rotatable bonds is 3. The monoisotopic (exact) mass is 280 g/mol. The highest BCUT2D eigenvalue weighted by molar-refractivity contribution is 5.57. The molecule has 1 aliphatic rings. The Hall–Kier alpha value is -2.33. The lowest BCUT2D eigenvalue weighted by Gasteiger charge is -2.11. The molecule has 1 N–H and O–H groups in total. The van der Waals surface area contributed by atoms with Crippen LogP contribution in [0.3, 0.4) is 0 Å². The number of fused-ring (bicyclic) bond motifs is 1. The third kappa shape index (κ3) is 1.99. The first-order chi connectivity index (χ1) is 10.4. The number of aliphatic hydroxyl groups excluding tert-OH is 1. The van der Waals surface area contributed by atoms with Crippen LogP contribution in [-0.4, -0.2) is 14.7 Å². The Balaban J connectivity index is 1.84. The van der Waals surface area contributed by atoms with E-state index in [2.05, 4.69) is 27.8 Å². The summed E-state index contributed by atoms with van der Waals surface area (Å²) in [6.45, 7) is -0.0958. The number of imidazole rings is 1. The smallest absolute Gasteiger partial charge is 0.180 e. The van der Waals surface area contributed by atoms with Crippen LogP contribution in [0.5, 0.6) is 0 Å². The SMILES string of the molecule is OCc1ccc(-c2nccn2-c2cccc3c2CCC3)o1. The van der Waals surface area contributed by atoms with Gasteiger partial charge in [-0.3, -0.25) is 4.57 Å². The molecule has 0 bridgehead atoms. The van der Waals surface area contributed by atoms with Crippen molar-refractivity contribution in [3.05, 3.63) is 59.6 Å². The minimum atomic E-state index is -0.0958. The molecule has 21 heavy (non-hydrogen) atoms. The Morgan fingerprint density at radius 2 is 2.14 bits per heavy atom. The maximum Gasteiger partial charge on any atom is 0.180 e. The molecule has 0 unspecified atom stereocenters. The first-order valence-corrected chi connectivity index (χ1v) is 7.21. The van der Waals surface area contributed by atoms with E-state index < -0.39 is 0 Å². The summed E-state index contributed by atoms with van der Waals surface area (Å²) in [5, 5.41) is 9.14. The van der Waals surface area contributed by atoms with Crippen molar-refractivity contribution in [2.24, 2.45) is 0 Å². The van der Waals surface area contributed by atoms with Crippen molar-refractivity contribution in [3.63, 3.8) is 0 Å². The average molecular weight is 280 g/mol. The molecule has 0 spiro atoms. The quantitative estimate of drug-likeness (QED) is 0.802. The summed E-state index contributed by atoms with van der Waals surface area (Å²) >= 11 is 0. The van der Waals surface area contributed by atoms with Gasteiger partial charge in [-0.25, -0.2) is 4.98 Å². The standard InChI is InChI=1S/C17H16N2O2/c20-11-13-7-8-16(21-13)17-18-9-10-19(17)15-6-2-4-12-3-1-5-14(12)15/h2,4,6-10,20H,1,3,5,11H2. The summed E-state index contributed by atoms with van der Waals surface area (Å²) < 4.78 is 7.70. The van der Waals surface area contributed by atoms with E-state index in [1.165, 1.54) is 23.2 Å². The molecule has 106 valence electrons. The van der Waals surface area contributed by atoms with Gasteiger partial charge in [0.1, 0.15) is 12.4 Å². The van der Waals surface area contributed by atoms with Crippen molar-refractivity contribution in [2.75, 3.05) is 0 Å². The van der Waals surface area contributed by atoms with E-state index in [9.17, 15) is 0 Å². The van der Waals surface area contributed by atoms with Crippen LogP contribution in [0.4, 0.5) is 0 Å². The fourth-order valence-electron chi connectivity index (χ4n) is 3.09. The highest BCUT2D eigenvalue weighted by Crippen LogP contribution is 2.31. The summed E-state index contributed by atoms with van der Waals surface area (Å²) in [4.78, 5) is 4.42. The molecule has 3 aromatic rings. The van der Waals surface area contributed by atoms with Gasteiger partial charge in [-0.1, -0.05) is 12.1 Å². The van der Waals surface area contributed by atoms with Crippen LogP contribution in [0.15, 0.2) is 47.1 Å². The molecule has 4 heteroatoms. The van der Waals surface area contributed by atoms with E-state index in [0.29, 0.717) is 11.5 Å². The minimum Gasteiger partial charge on any atom is -0.455 e. The summed E-state index contributed by atoms with van der Waals surface area (Å²) in [5.74, 6) is 2.01. The van der Waals surface area contributed by atoms with Crippen molar-refractivity contribution in [1.29, 1.82) is 0 Å². The van der Waals surface area contributed by atoms with E-state index >= 15 is 0 Å². The van der Waals surface area contributed by atoms with Crippen molar-refractivity contribution < 1.29 is 9.52 Å². The highest BCUT2D eigenvalue weighted by Gasteiger charge is 2.18. The zero-order valence-corrected chi connectivity index (χ0v) is 11.6. The fraction of sp³-hybridized carbons (Fsp3) is 0.235. The Morgan fingerprint density at radius 3 is 3.00 bits per heavy atom. The van der Waals surface area contributed by atoms with Gasteiger partial charge in [0, 0.05) is 12.4 Å². The number of aromatic nitrogens is 2. The molecule has 0 atom stereocenters. The van der Waals surface area contributed by atoms with Crippen LogP contribution in [0, 0.1) is 0 Å². The van der Waals surface area contributed by atoms with E-state index in [-0.39, 0.29) is 6.61 Å². The van der Waals surface area contributed by atoms with Crippen LogP contribution in [0.25, 0.3) is 17.3 Å². The van der Waals surface area contributed by atoms with E-state index in [1.54, 1.807) is 12.3 Å². The second-order valence-electron chi connectivity index (χ2n) is 5.31. The Bertz CT molecular complexity index is 786. The molecule has 0 saturated carbocycles. The maximum atomic E-state index is 9.14. The van der Waals surface area contributed by atoms with E-state index in [0.717, 1.165) is 18.7 Å². The third-order valence-electron chi connectivity index (χ3n) is 4.06. The first-order valence-electron chi connectivity index (χ1n) is 7.21. The molecular formula is C17H16N2O2. The van der Waals surface area contributed by atoms with Gasteiger partial charge in [-0.15, -0.1) is 0 Å². The zero-order chi connectivity index (χ0) is 14.2. The van der Waals surface area contributed by atoms with Crippen molar-refractivity contribution in [1.82, 2.24) is 9.55 Å². The van der Waals surface area contributed by atoms with Crippen LogP contribution in [0.2, 0.25) is 0 Å². The number of nitrogens with zero attached hydrogens (tertiary/aromatic N) is 2. The molecule has 0 aliphatic heterocycles. The van der Waals surface area contributed by atoms with Crippen molar-refractivity contribution >= 4 is 0 Å². The van der Waals surface area contributed by atoms with Gasteiger partial charge in [0.05, 0.1) is 5.69 Å². The zero-order valence-electron chi connectivity index (χ0n) is 11.6. The lowest BCUT2D eigenvalue weighted by atomic mass is 10.1. The summed E-state index contributed by atoms with van der Waals surface area (Å²) in [5.41, 5.74) is 4.02. The fourth-order valence-corrected chi connectivity index (χ4v) is 3.09. The summed E-state index contributed by atoms with van der Waals surface area (Å²) in [6, 6.07) is 10.1. The van der Waals surface area contributed by atoms with Crippen LogP contribution >= 0.6 is 0 Å². The predicted molar refractivity (Wildman–Crippen MR) is 79.2 cm³/mol. The molecule has 0 saturated heterocycles. The van der Waals surface area contributed by atoms with Gasteiger partial charge in [0.15, 0.2) is 11.6 Å². The molecule has 1 aromatic carbocycles. The van der Waals surface area contributed by atoms with Gasteiger partial charge in [0.25, 0.3) is 0 Å². The molecule has 0 fully saturated rings. The largest absolute Gasteiger partial charge is 0.455 e. The summed E-state index contributed by atoms with van der Waals surface area (Å²) in [7, 11) is 0. The maximum absolute atomic E-state index is 9.14. The number of benzene rings is 1. The topological polar surface area (TPSA) is 51.2 Å². The lowest BCUT2D eigenvalue weighted by Crippen LogP contribution is -2.00. The molecular weight excluding hydrogens is 264 g/mol. The number of hydrogen-bond acceptors (Lipinski definition) is 3. The van der Waals surface area contributed by atoms with Crippen LogP contribution in [-0.2, 0) is 19.4 Å². The number of furan rings is 1. The Labute approximate surface area is 122 Å². The molecule has 4 nitrogen and oxygen atoms in total. The van der Waals surface area contributed by atoms with Crippen molar-refractivity contribution in [3.8, 4) is 17.3 Å². The number of hydrogen-bond donors (Lipinski definition) is 1. The second-order valence-corrected chi connectivity index (χ2v) is 5.31. The lowest BCUT2D eigenvalue weighted by molar-refractivity contribution is 0.248.